The second kappa shape index (κ2) is 8.68. The van der Waals surface area contributed by atoms with E-state index in [4.69, 9.17) is 0 Å². The van der Waals surface area contributed by atoms with E-state index in [9.17, 15) is 4.79 Å². The number of anilines is 3. The van der Waals surface area contributed by atoms with Gasteiger partial charge in [-0.2, -0.15) is 0 Å². The van der Waals surface area contributed by atoms with Gasteiger partial charge in [0.1, 0.15) is 17.5 Å². The van der Waals surface area contributed by atoms with Gasteiger partial charge in [0.05, 0.1) is 0 Å². The average molecular weight is 395 g/mol. The minimum absolute atomic E-state index is 0.0353. The van der Waals surface area contributed by atoms with Gasteiger partial charge in [-0.05, 0) is 44.7 Å². The van der Waals surface area contributed by atoms with Crippen molar-refractivity contribution in [1.29, 1.82) is 0 Å². The Morgan fingerprint density at radius 1 is 0.862 bits per heavy atom. The van der Waals surface area contributed by atoms with Crippen LogP contribution in [0, 0.1) is 13.8 Å². The molecule has 0 aliphatic carbocycles. The number of hydrogen-bond acceptors (Lipinski definition) is 5. The zero-order valence-electron chi connectivity index (χ0n) is 17.4. The fourth-order valence-corrected chi connectivity index (χ4v) is 4.03. The van der Waals surface area contributed by atoms with Crippen molar-refractivity contribution in [2.75, 3.05) is 54.4 Å². The minimum Gasteiger partial charge on any atom is -0.356 e. The van der Waals surface area contributed by atoms with Gasteiger partial charge in [0.2, 0.25) is 0 Å². The lowest BCUT2D eigenvalue weighted by Crippen LogP contribution is -2.50. The molecule has 1 aromatic heterocycles. The van der Waals surface area contributed by atoms with E-state index >= 15 is 0 Å². The fourth-order valence-electron chi connectivity index (χ4n) is 4.03. The van der Waals surface area contributed by atoms with Crippen molar-refractivity contribution in [3.05, 3.63) is 41.7 Å². The van der Waals surface area contributed by atoms with E-state index in [1.807, 2.05) is 43.0 Å². The summed E-state index contributed by atoms with van der Waals surface area (Å²) in [5.74, 6) is 2.81. The highest BCUT2D eigenvalue weighted by atomic mass is 16.2. The van der Waals surface area contributed by atoms with Gasteiger partial charge in [0.25, 0.3) is 0 Å². The molecule has 2 amide bonds. The van der Waals surface area contributed by atoms with E-state index in [1.165, 1.54) is 19.3 Å². The molecule has 1 N–H and O–H groups in total. The number of rotatable bonds is 3. The normalized spacial score (nSPS) is 17.4. The summed E-state index contributed by atoms with van der Waals surface area (Å²) in [5, 5.41) is 3.03. The number of benzene rings is 1. The lowest BCUT2D eigenvalue weighted by molar-refractivity contribution is 0.208. The van der Waals surface area contributed by atoms with Crippen LogP contribution in [0.5, 0.6) is 0 Å². The zero-order valence-corrected chi connectivity index (χ0v) is 17.4. The molecule has 0 atom stereocenters. The number of hydrogen-bond donors (Lipinski definition) is 1. The van der Waals surface area contributed by atoms with Gasteiger partial charge in [0.15, 0.2) is 0 Å². The van der Waals surface area contributed by atoms with Gasteiger partial charge in [-0.25, -0.2) is 14.8 Å². The third-order valence-corrected chi connectivity index (χ3v) is 5.77. The Morgan fingerprint density at radius 3 is 2.14 bits per heavy atom. The predicted octanol–water partition coefficient (Wildman–Crippen LogP) is 3.44. The lowest BCUT2D eigenvalue weighted by Gasteiger charge is -2.36. The standard InChI is InChI=1S/C22H30N6O/c1-17-8-4-5-9-19(17)25-22(29)28-14-12-27(13-15-28)21-16-20(23-18(2)24-21)26-10-6-3-7-11-26/h4-5,8-9,16H,3,6-7,10-15H2,1-2H3,(H,25,29). The van der Waals surface area contributed by atoms with Crippen LogP contribution >= 0.6 is 0 Å². The molecule has 0 saturated carbocycles. The second-order valence-electron chi connectivity index (χ2n) is 7.90. The van der Waals surface area contributed by atoms with Crippen LogP contribution in [0.25, 0.3) is 0 Å². The number of urea groups is 1. The molecule has 1 aromatic carbocycles. The molecule has 3 heterocycles. The molecular weight excluding hydrogens is 364 g/mol. The highest BCUT2D eigenvalue weighted by molar-refractivity contribution is 5.90. The van der Waals surface area contributed by atoms with Crippen molar-refractivity contribution in [3.8, 4) is 0 Å². The maximum absolute atomic E-state index is 12.6. The van der Waals surface area contributed by atoms with Crippen LogP contribution in [0.15, 0.2) is 30.3 Å². The first kappa shape index (κ1) is 19.5. The largest absolute Gasteiger partial charge is 0.356 e. The predicted molar refractivity (Wildman–Crippen MR) is 117 cm³/mol. The molecule has 0 bridgehead atoms. The van der Waals surface area contributed by atoms with E-state index in [-0.39, 0.29) is 6.03 Å². The van der Waals surface area contributed by atoms with E-state index in [0.29, 0.717) is 13.1 Å². The Kier molecular flexibility index (Phi) is 5.83. The number of carbonyl (C=O) groups is 1. The Bertz CT molecular complexity index is 856. The van der Waals surface area contributed by atoms with Crippen molar-refractivity contribution in [3.63, 3.8) is 0 Å². The topological polar surface area (TPSA) is 64.6 Å². The number of aromatic nitrogens is 2. The highest BCUT2D eigenvalue weighted by Crippen LogP contribution is 2.23. The number of nitrogens with one attached hydrogen (secondary N) is 1. The summed E-state index contributed by atoms with van der Waals surface area (Å²) in [7, 11) is 0. The number of carbonyl (C=O) groups excluding carboxylic acids is 1. The van der Waals surface area contributed by atoms with Crippen LogP contribution in [-0.2, 0) is 0 Å². The van der Waals surface area contributed by atoms with Crippen LogP contribution in [0.4, 0.5) is 22.1 Å². The Labute approximate surface area is 172 Å². The second-order valence-corrected chi connectivity index (χ2v) is 7.90. The van der Waals surface area contributed by atoms with E-state index in [2.05, 4.69) is 31.2 Å². The summed E-state index contributed by atoms with van der Waals surface area (Å²) in [5.41, 5.74) is 1.94. The van der Waals surface area contributed by atoms with Gasteiger partial charge >= 0.3 is 6.03 Å². The van der Waals surface area contributed by atoms with Gasteiger partial charge in [-0.3, -0.25) is 0 Å². The smallest absolute Gasteiger partial charge is 0.321 e. The van der Waals surface area contributed by atoms with Crippen molar-refractivity contribution in [1.82, 2.24) is 14.9 Å². The van der Waals surface area contributed by atoms with Crippen LogP contribution in [-0.4, -0.2) is 60.2 Å². The Balaban J connectivity index is 1.38. The number of piperidine rings is 1. The van der Waals surface area contributed by atoms with Gasteiger partial charge < -0.3 is 20.0 Å². The van der Waals surface area contributed by atoms with Crippen molar-refractivity contribution >= 4 is 23.4 Å². The number of piperazine rings is 1. The maximum Gasteiger partial charge on any atom is 0.321 e. The molecule has 7 nitrogen and oxygen atoms in total. The molecule has 0 spiro atoms. The van der Waals surface area contributed by atoms with Crippen molar-refractivity contribution in [2.45, 2.75) is 33.1 Å². The molecule has 0 unspecified atom stereocenters. The number of aryl methyl sites for hydroxylation is 2. The molecule has 2 aromatic rings. The molecule has 2 fully saturated rings. The summed E-state index contributed by atoms with van der Waals surface area (Å²) in [6.45, 7) is 9.02. The third-order valence-electron chi connectivity index (χ3n) is 5.77. The molecule has 2 aliphatic heterocycles. The minimum atomic E-state index is -0.0353. The summed E-state index contributed by atoms with van der Waals surface area (Å²) < 4.78 is 0. The molecule has 2 saturated heterocycles. The molecule has 7 heteroatoms. The molecule has 4 rings (SSSR count). The van der Waals surface area contributed by atoms with Crippen molar-refractivity contribution in [2.24, 2.45) is 0 Å². The first-order valence-electron chi connectivity index (χ1n) is 10.6. The monoisotopic (exact) mass is 394 g/mol. The lowest BCUT2D eigenvalue weighted by atomic mass is 10.1. The van der Waals surface area contributed by atoms with E-state index in [1.54, 1.807) is 0 Å². The van der Waals surface area contributed by atoms with Gasteiger partial charge in [0, 0.05) is 51.0 Å². The van der Waals surface area contributed by atoms with Gasteiger partial charge in [-0.15, -0.1) is 0 Å². The summed E-state index contributed by atoms with van der Waals surface area (Å²) >= 11 is 0. The highest BCUT2D eigenvalue weighted by Gasteiger charge is 2.23. The maximum atomic E-state index is 12.6. The zero-order chi connectivity index (χ0) is 20.2. The number of nitrogens with zero attached hydrogens (tertiary/aromatic N) is 5. The van der Waals surface area contributed by atoms with Crippen LogP contribution in [0.1, 0.15) is 30.7 Å². The third kappa shape index (κ3) is 4.60. The van der Waals surface area contributed by atoms with E-state index < -0.39 is 0 Å². The molecule has 0 radical (unpaired) electrons. The number of para-hydroxylation sites is 1. The summed E-state index contributed by atoms with van der Waals surface area (Å²) in [6, 6.07) is 9.94. The average Bonchev–Trinajstić information content (AvgIpc) is 2.75. The molecule has 29 heavy (non-hydrogen) atoms. The summed E-state index contributed by atoms with van der Waals surface area (Å²) in [6.07, 6.45) is 3.76. The Hall–Kier alpha value is -2.83. The first-order chi connectivity index (χ1) is 14.1. The van der Waals surface area contributed by atoms with E-state index in [0.717, 1.165) is 54.9 Å². The molecule has 2 aliphatic rings. The molecular formula is C22H30N6O. The first-order valence-corrected chi connectivity index (χ1v) is 10.6. The van der Waals surface area contributed by atoms with Gasteiger partial charge in [-0.1, -0.05) is 18.2 Å². The fraction of sp³-hybridized carbons (Fsp3) is 0.500. The summed E-state index contributed by atoms with van der Waals surface area (Å²) in [4.78, 5) is 28.5. The SMILES string of the molecule is Cc1nc(N2CCCCC2)cc(N2CCN(C(=O)Nc3ccccc3C)CC2)n1. The van der Waals surface area contributed by atoms with Crippen LogP contribution < -0.4 is 15.1 Å². The quantitative estimate of drug-likeness (QED) is 0.864. The van der Waals surface area contributed by atoms with Crippen LogP contribution in [0.3, 0.4) is 0 Å². The van der Waals surface area contributed by atoms with Crippen molar-refractivity contribution < 1.29 is 4.79 Å². The van der Waals surface area contributed by atoms with Crippen LogP contribution in [0.2, 0.25) is 0 Å². The number of amides is 2. The Morgan fingerprint density at radius 2 is 1.48 bits per heavy atom. The molecule has 154 valence electrons.